The summed E-state index contributed by atoms with van der Waals surface area (Å²) in [5.41, 5.74) is 1.74. The summed E-state index contributed by atoms with van der Waals surface area (Å²) in [6, 6.07) is 5.97. The van der Waals surface area contributed by atoms with Crippen LogP contribution >= 0.6 is 11.8 Å². The first-order valence-corrected chi connectivity index (χ1v) is 8.37. The zero-order valence-electron chi connectivity index (χ0n) is 12.3. The summed E-state index contributed by atoms with van der Waals surface area (Å²) in [6.45, 7) is 3.31. The fourth-order valence-electron chi connectivity index (χ4n) is 2.45. The topological polar surface area (TPSA) is 51.0 Å². The van der Waals surface area contributed by atoms with E-state index >= 15 is 0 Å². The normalized spacial score (nSPS) is 15.6. The first-order valence-electron chi connectivity index (χ1n) is 7.22. The highest BCUT2D eigenvalue weighted by molar-refractivity contribution is 7.99. The van der Waals surface area contributed by atoms with Gasteiger partial charge in [-0.05, 0) is 43.4 Å². The summed E-state index contributed by atoms with van der Waals surface area (Å²) in [7, 11) is 0. The molecule has 0 aliphatic carbocycles. The Hall–Kier alpha value is -1.89. The molecule has 1 fully saturated rings. The molecule has 0 spiro atoms. The van der Waals surface area contributed by atoms with Crippen LogP contribution in [0.3, 0.4) is 0 Å². The number of hydrogen-bond acceptors (Lipinski definition) is 4. The third kappa shape index (κ3) is 2.99. The standard InChI is InChI=1S/C15H17FN4OS/c1-11-14(15(21)19-7-2-9-22-10-8-19)17-18-20(11)13-5-3-12(16)4-6-13/h3-6H,2,7-10H2,1H3. The molecule has 1 aromatic carbocycles. The van der Waals surface area contributed by atoms with E-state index in [1.807, 2.05) is 23.6 Å². The van der Waals surface area contributed by atoms with Crippen LogP contribution in [0.25, 0.3) is 5.69 Å². The zero-order chi connectivity index (χ0) is 15.5. The Morgan fingerprint density at radius 1 is 1.23 bits per heavy atom. The number of benzene rings is 1. The van der Waals surface area contributed by atoms with Crippen LogP contribution in [0.15, 0.2) is 24.3 Å². The second-order valence-corrected chi connectivity index (χ2v) is 6.39. The van der Waals surface area contributed by atoms with E-state index in [1.165, 1.54) is 12.1 Å². The van der Waals surface area contributed by atoms with Crippen molar-refractivity contribution in [2.45, 2.75) is 13.3 Å². The molecule has 116 valence electrons. The molecule has 0 radical (unpaired) electrons. The molecular formula is C15H17FN4OS. The van der Waals surface area contributed by atoms with Gasteiger partial charge >= 0.3 is 0 Å². The predicted octanol–water partition coefficient (Wildman–Crippen LogP) is 2.29. The molecule has 5 nitrogen and oxygen atoms in total. The van der Waals surface area contributed by atoms with Crippen molar-refractivity contribution in [2.24, 2.45) is 0 Å². The lowest BCUT2D eigenvalue weighted by molar-refractivity contribution is 0.0762. The van der Waals surface area contributed by atoms with Crippen molar-refractivity contribution in [1.29, 1.82) is 0 Å². The highest BCUT2D eigenvalue weighted by Gasteiger charge is 2.23. The van der Waals surface area contributed by atoms with Gasteiger partial charge in [-0.25, -0.2) is 9.07 Å². The maximum Gasteiger partial charge on any atom is 0.276 e. The van der Waals surface area contributed by atoms with Gasteiger partial charge in [0.05, 0.1) is 11.4 Å². The van der Waals surface area contributed by atoms with Crippen molar-refractivity contribution in [1.82, 2.24) is 19.9 Å². The summed E-state index contributed by atoms with van der Waals surface area (Å²) < 4.78 is 14.6. The number of rotatable bonds is 2. The number of aromatic nitrogens is 3. The van der Waals surface area contributed by atoms with E-state index in [2.05, 4.69) is 10.3 Å². The molecule has 1 amide bonds. The molecule has 0 saturated carbocycles. The van der Waals surface area contributed by atoms with Gasteiger partial charge in [0.15, 0.2) is 5.69 Å². The van der Waals surface area contributed by atoms with Crippen molar-refractivity contribution in [3.8, 4) is 5.69 Å². The highest BCUT2D eigenvalue weighted by Crippen LogP contribution is 2.17. The van der Waals surface area contributed by atoms with Crippen LogP contribution in [0.5, 0.6) is 0 Å². The molecule has 0 N–H and O–H groups in total. The minimum Gasteiger partial charge on any atom is -0.336 e. The molecule has 0 bridgehead atoms. The van der Waals surface area contributed by atoms with Crippen molar-refractivity contribution >= 4 is 17.7 Å². The Bertz CT molecular complexity index is 663. The second kappa shape index (κ2) is 6.48. The second-order valence-electron chi connectivity index (χ2n) is 5.17. The maximum atomic E-state index is 13.0. The van der Waals surface area contributed by atoms with E-state index in [9.17, 15) is 9.18 Å². The lowest BCUT2D eigenvalue weighted by atomic mass is 10.2. The number of amides is 1. The van der Waals surface area contributed by atoms with Gasteiger partial charge in [0, 0.05) is 18.8 Å². The van der Waals surface area contributed by atoms with E-state index < -0.39 is 0 Å². The van der Waals surface area contributed by atoms with Crippen LogP contribution in [-0.4, -0.2) is 50.4 Å². The lowest BCUT2D eigenvalue weighted by Gasteiger charge is -2.18. The van der Waals surface area contributed by atoms with Crippen molar-refractivity contribution in [2.75, 3.05) is 24.6 Å². The van der Waals surface area contributed by atoms with Gasteiger partial charge in [0.25, 0.3) is 5.91 Å². The summed E-state index contributed by atoms with van der Waals surface area (Å²) in [5.74, 6) is 1.66. The van der Waals surface area contributed by atoms with E-state index in [-0.39, 0.29) is 11.7 Å². The highest BCUT2D eigenvalue weighted by atomic mass is 32.2. The first-order chi connectivity index (χ1) is 10.7. The third-order valence-corrected chi connectivity index (χ3v) is 4.73. The molecule has 22 heavy (non-hydrogen) atoms. The van der Waals surface area contributed by atoms with Gasteiger partial charge in [-0.2, -0.15) is 11.8 Å². The van der Waals surface area contributed by atoms with Crippen LogP contribution in [-0.2, 0) is 0 Å². The number of thioether (sulfide) groups is 1. The molecule has 7 heteroatoms. The molecule has 2 aromatic rings. The summed E-state index contributed by atoms with van der Waals surface area (Å²) in [4.78, 5) is 14.5. The van der Waals surface area contributed by atoms with Crippen molar-refractivity contribution < 1.29 is 9.18 Å². The minimum atomic E-state index is -0.306. The fourth-order valence-corrected chi connectivity index (χ4v) is 3.34. The van der Waals surface area contributed by atoms with Crippen molar-refractivity contribution in [3.63, 3.8) is 0 Å². The molecule has 0 unspecified atom stereocenters. The van der Waals surface area contributed by atoms with Gasteiger partial charge < -0.3 is 4.90 Å². The Balaban J connectivity index is 1.86. The van der Waals surface area contributed by atoms with Crippen LogP contribution < -0.4 is 0 Å². The quantitative estimate of drug-likeness (QED) is 0.852. The van der Waals surface area contributed by atoms with Crippen LogP contribution in [0.2, 0.25) is 0 Å². The van der Waals surface area contributed by atoms with Gasteiger partial charge in [-0.1, -0.05) is 5.21 Å². The van der Waals surface area contributed by atoms with E-state index in [4.69, 9.17) is 0 Å². The third-order valence-electron chi connectivity index (χ3n) is 3.68. The van der Waals surface area contributed by atoms with E-state index in [0.717, 1.165) is 31.0 Å². The Labute approximate surface area is 132 Å². The Morgan fingerprint density at radius 2 is 2.00 bits per heavy atom. The van der Waals surface area contributed by atoms with E-state index in [0.29, 0.717) is 17.1 Å². The van der Waals surface area contributed by atoms with Gasteiger partial charge in [0.2, 0.25) is 0 Å². The number of hydrogen-bond donors (Lipinski definition) is 0. The number of carbonyl (C=O) groups is 1. The molecular weight excluding hydrogens is 303 g/mol. The maximum absolute atomic E-state index is 13.0. The van der Waals surface area contributed by atoms with E-state index in [1.54, 1.807) is 16.8 Å². The summed E-state index contributed by atoms with van der Waals surface area (Å²) >= 11 is 1.87. The Morgan fingerprint density at radius 3 is 2.77 bits per heavy atom. The predicted molar refractivity (Wildman–Crippen MR) is 83.9 cm³/mol. The van der Waals surface area contributed by atoms with Crippen LogP contribution in [0, 0.1) is 12.7 Å². The first kappa shape index (κ1) is 15.0. The molecule has 3 rings (SSSR count). The average Bonchev–Trinajstić information content (AvgIpc) is 2.75. The SMILES string of the molecule is Cc1c(C(=O)N2CCCSCC2)nnn1-c1ccc(F)cc1. The van der Waals surface area contributed by atoms with Gasteiger partial charge in [-0.3, -0.25) is 4.79 Å². The molecule has 1 aliphatic heterocycles. The lowest BCUT2D eigenvalue weighted by Crippen LogP contribution is -2.33. The molecule has 1 aromatic heterocycles. The van der Waals surface area contributed by atoms with Gasteiger partial charge in [-0.15, -0.1) is 5.10 Å². The zero-order valence-corrected chi connectivity index (χ0v) is 13.1. The van der Waals surface area contributed by atoms with Crippen LogP contribution in [0.1, 0.15) is 22.6 Å². The largest absolute Gasteiger partial charge is 0.336 e. The van der Waals surface area contributed by atoms with Crippen LogP contribution in [0.4, 0.5) is 4.39 Å². The number of nitrogens with zero attached hydrogens (tertiary/aromatic N) is 4. The monoisotopic (exact) mass is 320 g/mol. The average molecular weight is 320 g/mol. The Kier molecular flexibility index (Phi) is 4.42. The fraction of sp³-hybridized carbons (Fsp3) is 0.400. The molecule has 1 saturated heterocycles. The summed E-state index contributed by atoms with van der Waals surface area (Å²) in [6.07, 6.45) is 1.00. The van der Waals surface area contributed by atoms with Gasteiger partial charge in [0.1, 0.15) is 5.82 Å². The molecule has 2 heterocycles. The smallest absolute Gasteiger partial charge is 0.276 e. The summed E-state index contributed by atoms with van der Waals surface area (Å²) in [5, 5.41) is 8.09. The number of halogens is 1. The van der Waals surface area contributed by atoms with Crippen molar-refractivity contribution in [3.05, 3.63) is 41.5 Å². The minimum absolute atomic E-state index is 0.0756. The molecule has 0 atom stereocenters. The molecule has 1 aliphatic rings. The number of carbonyl (C=O) groups excluding carboxylic acids is 1.